The van der Waals surface area contributed by atoms with Crippen LogP contribution in [0.25, 0.3) is 77.1 Å². The first-order valence-electron chi connectivity index (χ1n) is 22.3. The van der Waals surface area contributed by atoms with E-state index in [1.165, 1.54) is 17.7 Å². The molecule has 0 amide bonds. The van der Waals surface area contributed by atoms with Gasteiger partial charge in [-0.05, 0) is 86.6 Å². The molecule has 7 heteroatoms. The van der Waals surface area contributed by atoms with Crippen LogP contribution < -0.4 is 0 Å². The Morgan fingerprint density at radius 2 is 1.39 bits per heavy atom. The van der Waals surface area contributed by atoms with Gasteiger partial charge in [-0.3, -0.25) is 0 Å². The van der Waals surface area contributed by atoms with Gasteiger partial charge in [-0.1, -0.05) is 111 Å². The number of pyridine rings is 2. The molecule has 9 aromatic rings. The Labute approximate surface area is 356 Å². The zero-order chi connectivity index (χ0) is 46.9. The molecule has 3 nitrogen and oxygen atoms in total. The van der Waals surface area contributed by atoms with Gasteiger partial charge in [0.1, 0.15) is 5.58 Å². The van der Waals surface area contributed by atoms with Crippen molar-refractivity contribution in [1.29, 1.82) is 0 Å². The molecule has 3 heterocycles. The van der Waals surface area contributed by atoms with Crippen molar-refractivity contribution in [2.24, 2.45) is 0 Å². The predicted octanol–water partition coefficient (Wildman–Crippen LogP) is 14.2. The molecule has 6 aromatic carbocycles. The van der Waals surface area contributed by atoms with Crippen molar-refractivity contribution in [3.8, 4) is 33.6 Å². The third-order valence-corrected chi connectivity index (χ3v) is 9.82. The molecule has 0 saturated heterocycles. The average Bonchev–Trinajstić information content (AvgIpc) is 3.64. The van der Waals surface area contributed by atoms with Gasteiger partial charge < -0.3 is 14.4 Å². The third-order valence-electron chi connectivity index (χ3n) is 9.82. The summed E-state index contributed by atoms with van der Waals surface area (Å²) in [6.45, 7) is -1.38. The number of nitrogens with zero attached hydrogens (tertiary/aromatic N) is 2. The number of fused-ring (bicyclic) bond motifs is 7. The monoisotopic (exact) mass is 942 g/mol. The van der Waals surface area contributed by atoms with Crippen LogP contribution in [0.15, 0.2) is 132 Å². The SMILES string of the molecule is [2H]C([2H])([2H])c1c[c-]c(-c2ccc(C(C)(C)C)cn2)cc1.[2H]C([2H])([2H])c1cnc(-c2[c-]ccc3c2oc2c3ccc3ccc4ccccc4c32)cc1-c1ccc(C(F)(F)F)cc1C([2H])([2H])[2H].[Ir]. The van der Waals surface area contributed by atoms with Crippen LogP contribution in [0.5, 0.6) is 0 Å². The molecule has 0 saturated carbocycles. The second-order valence-electron chi connectivity index (χ2n) is 14.6. The fraction of sp³-hybridized carbons (Fsp3) is 0.160. The zero-order valence-corrected chi connectivity index (χ0v) is 33.3. The van der Waals surface area contributed by atoms with Crippen LogP contribution >= 0.6 is 0 Å². The second-order valence-corrected chi connectivity index (χ2v) is 14.6. The van der Waals surface area contributed by atoms with E-state index in [9.17, 15) is 13.2 Å². The normalized spacial score (nSPS) is 14.8. The predicted molar refractivity (Wildman–Crippen MR) is 223 cm³/mol. The van der Waals surface area contributed by atoms with Crippen LogP contribution in [-0.4, -0.2) is 9.97 Å². The summed E-state index contributed by atoms with van der Waals surface area (Å²) in [6.07, 6.45) is -1.83. The standard InChI is InChI=1S/C34H21F3NO.C16H18N.Ir/c1-19-16-23(34(35,36)37)13-15-24(19)29-17-30(38-18-20(29)2)28-9-5-8-26-27-14-12-22-11-10-21-6-3-4-7-25(21)31(22)33(27)39-32(26)28;1-12-5-7-13(8-6-12)15-10-9-14(11-17-15)16(2,3)4;/h3-8,10-18H,1-2H3;5-7,9-11H,1-4H3;/q2*-1;/i1D3,2D3;1D3;. The van der Waals surface area contributed by atoms with Crippen LogP contribution in [0.3, 0.4) is 0 Å². The van der Waals surface area contributed by atoms with Crippen molar-refractivity contribution in [1.82, 2.24) is 9.97 Å². The quantitative estimate of drug-likeness (QED) is 0.131. The number of aromatic nitrogens is 2. The van der Waals surface area contributed by atoms with E-state index < -0.39 is 37.9 Å². The molecule has 287 valence electrons. The minimum Gasteiger partial charge on any atom is -0.500 e. The van der Waals surface area contributed by atoms with Gasteiger partial charge >= 0.3 is 6.18 Å². The molecule has 57 heavy (non-hydrogen) atoms. The molecule has 1 radical (unpaired) electrons. The summed E-state index contributed by atoms with van der Waals surface area (Å²) in [5.41, 5.74) is 2.51. The molecule has 0 N–H and O–H groups in total. The molecule has 0 aliphatic rings. The summed E-state index contributed by atoms with van der Waals surface area (Å²) < 4.78 is 118. The maximum atomic E-state index is 13.6. The first kappa shape index (κ1) is 29.6. The van der Waals surface area contributed by atoms with Crippen molar-refractivity contribution in [2.75, 3.05) is 0 Å². The number of aryl methyl sites for hydroxylation is 3. The molecule has 0 bridgehead atoms. The van der Waals surface area contributed by atoms with Crippen LogP contribution in [0.4, 0.5) is 13.2 Å². The summed E-state index contributed by atoms with van der Waals surface area (Å²) in [5, 5.41) is 5.55. The van der Waals surface area contributed by atoms with E-state index in [2.05, 4.69) is 42.9 Å². The summed E-state index contributed by atoms with van der Waals surface area (Å²) in [4.78, 5) is 8.85. The smallest absolute Gasteiger partial charge is 0.416 e. The molecule has 0 atom stereocenters. The Bertz CT molecular complexity index is 3190. The summed E-state index contributed by atoms with van der Waals surface area (Å²) in [7, 11) is 0. The average molecular weight is 942 g/mol. The number of benzene rings is 6. The fourth-order valence-corrected chi connectivity index (χ4v) is 6.83. The van der Waals surface area contributed by atoms with E-state index in [4.69, 9.17) is 16.8 Å². The van der Waals surface area contributed by atoms with Crippen LogP contribution in [0.2, 0.25) is 0 Å². The van der Waals surface area contributed by atoms with Gasteiger partial charge in [0.15, 0.2) is 0 Å². The van der Waals surface area contributed by atoms with Crippen LogP contribution in [0.1, 0.15) is 60.9 Å². The third kappa shape index (κ3) is 7.75. The van der Waals surface area contributed by atoms with Gasteiger partial charge in [-0.25, -0.2) is 0 Å². The maximum absolute atomic E-state index is 13.6. The summed E-state index contributed by atoms with van der Waals surface area (Å²) in [6, 6.07) is 38.2. The van der Waals surface area contributed by atoms with Gasteiger partial charge in [0.05, 0.1) is 11.1 Å². The number of halogens is 3. The Morgan fingerprint density at radius 3 is 2.11 bits per heavy atom. The Morgan fingerprint density at radius 1 is 0.632 bits per heavy atom. The van der Waals surface area contributed by atoms with Gasteiger partial charge in [0.2, 0.25) is 0 Å². The molecule has 0 aliphatic carbocycles. The van der Waals surface area contributed by atoms with Crippen molar-refractivity contribution in [3.63, 3.8) is 0 Å². The Hall–Kier alpha value is -5.62. The van der Waals surface area contributed by atoms with Gasteiger partial charge in [-0.2, -0.15) is 13.2 Å². The largest absolute Gasteiger partial charge is 0.500 e. The summed E-state index contributed by atoms with van der Waals surface area (Å²) in [5.74, 6) is 0. The van der Waals surface area contributed by atoms with Crippen LogP contribution in [-0.2, 0) is 31.7 Å². The number of hydrogen-bond acceptors (Lipinski definition) is 3. The van der Waals surface area contributed by atoms with Crippen molar-refractivity contribution < 1.29 is 50.0 Å². The fourth-order valence-electron chi connectivity index (χ4n) is 6.83. The second kappa shape index (κ2) is 15.4. The first-order chi connectivity index (χ1) is 30.4. The molecule has 9 rings (SSSR count). The molecule has 0 aliphatic heterocycles. The van der Waals surface area contributed by atoms with Crippen molar-refractivity contribution >= 4 is 43.5 Å². The molecule has 0 spiro atoms. The maximum Gasteiger partial charge on any atom is 0.416 e. The van der Waals surface area contributed by atoms with E-state index in [1.807, 2.05) is 72.9 Å². The molecule has 0 unspecified atom stereocenters. The minimum absolute atomic E-state index is 0. The molecular formula is C50H39F3IrN2O-2. The van der Waals surface area contributed by atoms with Gasteiger partial charge in [0.25, 0.3) is 0 Å². The van der Waals surface area contributed by atoms with E-state index in [0.29, 0.717) is 28.4 Å². The van der Waals surface area contributed by atoms with Crippen molar-refractivity contribution in [2.45, 2.75) is 52.9 Å². The number of alkyl halides is 3. The van der Waals surface area contributed by atoms with E-state index in [-0.39, 0.29) is 47.9 Å². The topological polar surface area (TPSA) is 38.9 Å². The van der Waals surface area contributed by atoms with Crippen molar-refractivity contribution in [3.05, 3.63) is 168 Å². The first-order valence-corrected chi connectivity index (χ1v) is 17.8. The molecular weight excluding hydrogens is 894 g/mol. The van der Waals surface area contributed by atoms with E-state index in [1.54, 1.807) is 18.2 Å². The van der Waals surface area contributed by atoms with E-state index in [0.717, 1.165) is 61.9 Å². The number of furan rings is 1. The summed E-state index contributed by atoms with van der Waals surface area (Å²) >= 11 is 0. The number of hydrogen-bond donors (Lipinski definition) is 0. The Kier molecular flexibility index (Phi) is 7.98. The Balaban J connectivity index is 0.000000260. The van der Waals surface area contributed by atoms with E-state index >= 15 is 0 Å². The minimum atomic E-state index is -4.80. The van der Waals surface area contributed by atoms with Gasteiger partial charge in [0, 0.05) is 55.6 Å². The zero-order valence-electron chi connectivity index (χ0n) is 39.9. The molecule has 0 fully saturated rings. The van der Waals surface area contributed by atoms with Gasteiger partial charge in [-0.15, -0.1) is 53.6 Å². The molecule has 3 aromatic heterocycles. The van der Waals surface area contributed by atoms with Crippen LogP contribution in [0, 0.1) is 32.7 Å². The number of rotatable bonds is 3.